The van der Waals surface area contributed by atoms with E-state index in [4.69, 9.17) is 4.74 Å². The first-order valence-electron chi connectivity index (χ1n) is 9.19. The highest BCUT2D eigenvalue weighted by Crippen LogP contribution is 2.29. The number of hydrogen-bond acceptors (Lipinski definition) is 4. The Morgan fingerprint density at radius 3 is 2.56 bits per heavy atom. The number of Topliss-reactive ketones (excluding diaryl/α,β-unsaturated/α-hetero) is 1. The number of aromatic nitrogens is 1. The Labute approximate surface area is 157 Å². The van der Waals surface area contributed by atoms with Gasteiger partial charge in [0.25, 0.3) is 0 Å². The van der Waals surface area contributed by atoms with Crippen molar-refractivity contribution in [1.82, 2.24) is 4.57 Å². The maximum Gasteiger partial charge on any atom is 0.338 e. The van der Waals surface area contributed by atoms with Crippen molar-refractivity contribution in [3.8, 4) is 5.69 Å². The molecule has 27 heavy (non-hydrogen) atoms. The molecule has 3 rings (SSSR count). The minimum absolute atomic E-state index is 0.349. The molecule has 0 spiro atoms. The molecular weight excluding hydrogens is 349 g/mol. The van der Waals surface area contributed by atoms with Gasteiger partial charge in [0.15, 0.2) is 12.2 Å². The number of benzene rings is 1. The lowest BCUT2D eigenvalue weighted by Gasteiger charge is -2.29. The molecule has 1 aliphatic carbocycles. The maximum absolute atomic E-state index is 13.5. The quantitative estimate of drug-likeness (QED) is 0.642. The molecule has 5 nitrogen and oxygen atoms in total. The van der Waals surface area contributed by atoms with Crippen LogP contribution >= 0.6 is 0 Å². The van der Waals surface area contributed by atoms with Gasteiger partial charge in [0, 0.05) is 22.6 Å². The minimum Gasteiger partial charge on any atom is -0.455 e. The van der Waals surface area contributed by atoms with Crippen molar-refractivity contribution in [2.45, 2.75) is 51.6 Å². The predicted octanol–water partition coefficient (Wildman–Crippen LogP) is 3.65. The summed E-state index contributed by atoms with van der Waals surface area (Å²) in [5, 5.41) is 10.4. The van der Waals surface area contributed by atoms with Crippen LogP contribution in [0.1, 0.15) is 53.8 Å². The van der Waals surface area contributed by atoms with Gasteiger partial charge < -0.3 is 14.4 Å². The highest BCUT2D eigenvalue weighted by molar-refractivity contribution is 5.99. The Morgan fingerprint density at radius 1 is 1.19 bits per heavy atom. The molecule has 0 radical (unpaired) electrons. The molecule has 6 heteroatoms. The molecule has 1 saturated carbocycles. The molecule has 0 aliphatic heterocycles. The van der Waals surface area contributed by atoms with Gasteiger partial charge in [-0.05, 0) is 63.8 Å². The molecule has 2 aromatic rings. The summed E-state index contributed by atoms with van der Waals surface area (Å²) in [7, 11) is 0. The molecule has 1 heterocycles. The zero-order valence-corrected chi connectivity index (χ0v) is 15.6. The molecule has 1 aromatic heterocycles. The van der Waals surface area contributed by atoms with Gasteiger partial charge in [-0.25, -0.2) is 9.18 Å². The van der Waals surface area contributed by atoms with Crippen molar-refractivity contribution in [3.05, 3.63) is 53.1 Å². The lowest BCUT2D eigenvalue weighted by atomic mass is 9.85. The summed E-state index contributed by atoms with van der Waals surface area (Å²) in [6.07, 6.45) is 3.27. The molecule has 0 saturated heterocycles. The number of carbonyl (C=O) groups is 2. The fraction of sp³-hybridized carbons (Fsp3) is 0.429. The van der Waals surface area contributed by atoms with Crippen LogP contribution in [0.3, 0.4) is 0 Å². The first-order valence-corrected chi connectivity index (χ1v) is 9.19. The van der Waals surface area contributed by atoms with Crippen molar-refractivity contribution in [2.24, 2.45) is 0 Å². The lowest BCUT2D eigenvalue weighted by Crippen LogP contribution is -2.42. The Bertz CT molecular complexity index is 865. The van der Waals surface area contributed by atoms with Crippen molar-refractivity contribution >= 4 is 11.8 Å². The van der Waals surface area contributed by atoms with Gasteiger partial charge in [-0.3, -0.25) is 4.79 Å². The van der Waals surface area contributed by atoms with Crippen molar-refractivity contribution in [3.63, 3.8) is 0 Å². The smallest absolute Gasteiger partial charge is 0.338 e. The third kappa shape index (κ3) is 3.95. The number of rotatable bonds is 5. The third-order valence-corrected chi connectivity index (χ3v) is 5.19. The average molecular weight is 373 g/mol. The molecule has 1 N–H and O–H groups in total. The Kier molecular flexibility index (Phi) is 5.46. The van der Waals surface area contributed by atoms with Gasteiger partial charge in [0.1, 0.15) is 5.82 Å². The summed E-state index contributed by atoms with van der Waals surface area (Å²) in [4.78, 5) is 24.8. The van der Waals surface area contributed by atoms with Crippen LogP contribution in [0.25, 0.3) is 5.69 Å². The summed E-state index contributed by atoms with van der Waals surface area (Å²) < 4.78 is 20.4. The van der Waals surface area contributed by atoms with Gasteiger partial charge in [-0.1, -0.05) is 12.5 Å². The summed E-state index contributed by atoms with van der Waals surface area (Å²) in [6.45, 7) is 3.17. The zero-order valence-electron chi connectivity index (χ0n) is 15.6. The van der Waals surface area contributed by atoms with E-state index in [9.17, 15) is 19.1 Å². The third-order valence-electron chi connectivity index (χ3n) is 5.19. The highest BCUT2D eigenvalue weighted by atomic mass is 19.1. The molecule has 0 bridgehead atoms. The van der Waals surface area contributed by atoms with E-state index in [1.165, 1.54) is 12.1 Å². The normalized spacial score (nSPS) is 16.1. The topological polar surface area (TPSA) is 68.5 Å². The molecule has 0 amide bonds. The number of ether oxygens (including phenoxy) is 1. The first kappa shape index (κ1) is 19.3. The molecule has 1 fully saturated rings. The summed E-state index contributed by atoms with van der Waals surface area (Å²) in [5.74, 6) is -1.43. The van der Waals surface area contributed by atoms with Crippen LogP contribution in [-0.2, 0) is 9.53 Å². The van der Waals surface area contributed by atoms with Crippen LogP contribution in [0.4, 0.5) is 4.39 Å². The number of aryl methyl sites for hydroxylation is 1. The summed E-state index contributed by atoms with van der Waals surface area (Å²) in [6, 6.07) is 7.82. The van der Waals surface area contributed by atoms with Crippen LogP contribution in [0.15, 0.2) is 30.3 Å². The van der Waals surface area contributed by atoms with E-state index in [-0.39, 0.29) is 11.6 Å². The Hall–Kier alpha value is -2.47. The fourth-order valence-electron chi connectivity index (χ4n) is 3.74. The average Bonchev–Trinajstić information content (AvgIpc) is 2.94. The SMILES string of the molecule is Cc1cc(C(=O)COC(=O)C2(O)CCCCC2)c(C)n1-c1cccc(F)c1. The van der Waals surface area contributed by atoms with Gasteiger partial charge >= 0.3 is 5.97 Å². The summed E-state index contributed by atoms with van der Waals surface area (Å²) in [5.41, 5.74) is 0.990. The Morgan fingerprint density at radius 2 is 1.89 bits per heavy atom. The fourth-order valence-corrected chi connectivity index (χ4v) is 3.74. The second kappa shape index (κ2) is 7.64. The van der Waals surface area contributed by atoms with E-state index >= 15 is 0 Å². The van der Waals surface area contributed by atoms with Gasteiger partial charge in [-0.15, -0.1) is 0 Å². The van der Waals surface area contributed by atoms with E-state index < -0.39 is 18.2 Å². The van der Waals surface area contributed by atoms with E-state index in [0.29, 0.717) is 29.8 Å². The van der Waals surface area contributed by atoms with Crippen LogP contribution in [-0.4, -0.2) is 33.6 Å². The molecule has 144 valence electrons. The largest absolute Gasteiger partial charge is 0.455 e. The van der Waals surface area contributed by atoms with Crippen molar-refractivity contribution < 1.29 is 23.8 Å². The molecule has 0 unspecified atom stereocenters. The number of ketones is 1. The van der Waals surface area contributed by atoms with Gasteiger partial charge in [0.05, 0.1) is 0 Å². The molecule has 1 aliphatic rings. The molecule has 1 aromatic carbocycles. The maximum atomic E-state index is 13.5. The Balaban J connectivity index is 1.74. The minimum atomic E-state index is -1.48. The number of hydrogen-bond donors (Lipinski definition) is 1. The van der Waals surface area contributed by atoms with E-state index in [0.717, 1.165) is 25.0 Å². The predicted molar refractivity (Wildman–Crippen MR) is 98.5 cm³/mol. The number of carbonyl (C=O) groups excluding carboxylic acids is 2. The van der Waals surface area contributed by atoms with Crippen LogP contribution in [0.2, 0.25) is 0 Å². The van der Waals surface area contributed by atoms with Crippen LogP contribution in [0.5, 0.6) is 0 Å². The van der Waals surface area contributed by atoms with Gasteiger partial charge in [-0.2, -0.15) is 0 Å². The molecular formula is C21H24FNO4. The second-order valence-electron chi connectivity index (χ2n) is 7.19. The van der Waals surface area contributed by atoms with Gasteiger partial charge in [0.2, 0.25) is 5.78 Å². The van der Waals surface area contributed by atoms with Crippen LogP contribution < -0.4 is 0 Å². The zero-order chi connectivity index (χ0) is 19.6. The standard InChI is InChI=1S/C21H24FNO4/c1-14-11-18(15(2)23(14)17-8-6-7-16(22)12-17)19(24)13-27-20(25)21(26)9-4-3-5-10-21/h6-8,11-12,26H,3-5,9-10,13H2,1-2H3. The number of aliphatic hydroxyl groups is 1. The summed E-state index contributed by atoms with van der Waals surface area (Å²) >= 11 is 0. The van der Waals surface area contributed by atoms with E-state index in [1.54, 1.807) is 29.7 Å². The number of nitrogens with zero attached hydrogens (tertiary/aromatic N) is 1. The second-order valence-corrected chi connectivity index (χ2v) is 7.19. The van der Waals surface area contributed by atoms with E-state index in [1.807, 2.05) is 6.92 Å². The highest BCUT2D eigenvalue weighted by Gasteiger charge is 2.39. The number of esters is 1. The van der Waals surface area contributed by atoms with E-state index in [2.05, 4.69) is 0 Å². The van der Waals surface area contributed by atoms with Crippen molar-refractivity contribution in [1.29, 1.82) is 0 Å². The number of halogens is 1. The first-order chi connectivity index (χ1) is 12.8. The van der Waals surface area contributed by atoms with Crippen molar-refractivity contribution in [2.75, 3.05) is 6.61 Å². The lowest BCUT2D eigenvalue weighted by molar-refractivity contribution is -0.167. The van der Waals surface area contributed by atoms with Crippen LogP contribution in [0, 0.1) is 19.7 Å². The molecule has 0 atom stereocenters. The monoisotopic (exact) mass is 373 g/mol.